The first-order valence-corrected chi connectivity index (χ1v) is 10.00. The van der Waals surface area contributed by atoms with Gasteiger partial charge in [-0.3, -0.25) is 0 Å². The van der Waals surface area contributed by atoms with Gasteiger partial charge in [0.15, 0.2) is 0 Å². The second-order valence-corrected chi connectivity index (χ2v) is 6.97. The predicted molar refractivity (Wildman–Crippen MR) is 111 cm³/mol. The Kier molecular flexibility index (Phi) is 24.4. The van der Waals surface area contributed by atoms with Crippen LogP contribution < -0.4 is 94.0 Å². The predicted octanol–water partition coefficient (Wildman–Crippen LogP) is -3.54. The van der Waals surface area contributed by atoms with Crippen LogP contribution in [0.4, 0.5) is 5.69 Å². The number of nitrogens with one attached hydrogen (secondary N) is 1. The van der Waals surface area contributed by atoms with E-state index in [-0.39, 0.29) is 93.0 Å². The quantitative estimate of drug-likeness (QED) is 0.156. The third-order valence-corrected chi connectivity index (χ3v) is 4.67. The molecule has 0 saturated heterocycles. The second kappa shape index (κ2) is 21.0. The number of benzene rings is 1. The molecule has 0 heterocycles. The van der Waals surface area contributed by atoms with E-state index in [2.05, 4.69) is 12.2 Å². The number of rotatable bonds is 15. The molecule has 10 heteroatoms. The first-order valence-electron chi connectivity index (χ1n) is 10.00. The maximum atomic E-state index is 11.3. The van der Waals surface area contributed by atoms with Gasteiger partial charge in [-0.15, -0.1) is 0 Å². The van der Waals surface area contributed by atoms with Crippen molar-refractivity contribution in [2.24, 2.45) is 0 Å². The van der Waals surface area contributed by atoms with Crippen molar-refractivity contribution >= 4 is 23.6 Å². The monoisotopic (exact) mass is 465 g/mol. The van der Waals surface area contributed by atoms with E-state index in [1.54, 1.807) is 0 Å². The summed E-state index contributed by atoms with van der Waals surface area (Å²) in [7, 11) is 0. The SMILES string of the molecule is CCCCCCCCCCCCNc1cc(C(=O)O)c(C(=O)O)c(C(=O)O)c1.[H-].[H-].[H-].[Na+].[Na+].[Na+]. The standard InChI is InChI=1S/C21H31NO6.3Na.3H/c1-2-3-4-5-6-7-8-9-10-11-12-22-15-13-16(19(23)24)18(21(27)28)17(14-15)20(25)26;;;;;;/h13-14,22H,2-12H2,1H3,(H,23,24)(H,25,26)(H,27,28);;;;;;/q;3*+1;3*-1. The fourth-order valence-electron chi connectivity index (χ4n) is 3.16. The summed E-state index contributed by atoms with van der Waals surface area (Å²) in [5, 5.41) is 30.6. The summed E-state index contributed by atoms with van der Waals surface area (Å²) in [5.74, 6) is -4.51. The average molecular weight is 465 g/mol. The normalized spacial score (nSPS) is 9.58. The first kappa shape index (κ1) is 36.0. The molecule has 1 rings (SSSR count). The zero-order valence-corrected chi connectivity index (χ0v) is 25.5. The number of carboxylic acids is 3. The molecular formula is C21H34NNa3O6. The molecule has 0 spiro atoms. The van der Waals surface area contributed by atoms with Crippen LogP contribution in [0, 0.1) is 0 Å². The molecule has 7 nitrogen and oxygen atoms in total. The van der Waals surface area contributed by atoms with Crippen LogP contribution in [0.3, 0.4) is 0 Å². The number of hydrogen-bond donors (Lipinski definition) is 4. The van der Waals surface area contributed by atoms with Crippen molar-refractivity contribution in [2.75, 3.05) is 11.9 Å². The van der Waals surface area contributed by atoms with Crippen LogP contribution in [-0.4, -0.2) is 39.8 Å². The molecule has 0 atom stereocenters. The van der Waals surface area contributed by atoms with Gasteiger partial charge in [-0.1, -0.05) is 64.7 Å². The minimum absolute atomic E-state index is 0. The summed E-state index contributed by atoms with van der Waals surface area (Å²) in [6.07, 6.45) is 12.0. The van der Waals surface area contributed by atoms with Gasteiger partial charge in [0, 0.05) is 12.2 Å². The summed E-state index contributed by atoms with van der Waals surface area (Å²) in [4.78, 5) is 33.9. The molecule has 0 unspecified atom stereocenters. The Morgan fingerprint density at radius 1 is 0.710 bits per heavy atom. The Hall–Kier alpha value is 0.430. The zero-order valence-electron chi connectivity index (χ0n) is 22.5. The van der Waals surface area contributed by atoms with E-state index in [9.17, 15) is 24.6 Å². The third-order valence-electron chi connectivity index (χ3n) is 4.67. The third kappa shape index (κ3) is 14.3. The van der Waals surface area contributed by atoms with Crippen molar-refractivity contribution in [2.45, 2.75) is 71.1 Å². The van der Waals surface area contributed by atoms with E-state index in [1.807, 2.05) is 0 Å². The fourth-order valence-corrected chi connectivity index (χ4v) is 3.16. The summed E-state index contributed by atoms with van der Waals surface area (Å²) in [5.41, 5.74) is -1.46. The van der Waals surface area contributed by atoms with Crippen LogP contribution in [0.15, 0.2) is 12.1 Å². The molecular weight excluding hydrogens is 431 g/mol. The molecule has 0 aliphatic rings. The van der Waals surface area contributed by atoms with Gasteiger partial charge in [0.1, 0.15) is 0 Å². The van der Waals surface area contributed by atoms with Crippen molar-refractivity contribution < 1.29 is 123 Å². The second-order valence-electron chi connectivity index (χ2n) is 6.97. The van der Waals surface area contributed by atoms with Gasteiger partial charge in [-0.25, -0.2) is 14.4 Å². The Morgan fingerprint density at radius 2 is 1.10 bits per heavy atom. The molecule has 0 radical (unpaired) electrons. The largest absolute Gasteiger partial charge is 1.00 e. The first-order chi connectivity index (χ1) is 13.4. The number of hydrogen-bond acceptors (Lipinski definition) is 4. The van der Waals surface area contributed by atoms with Gasteiger partial charge >= 0.3 is 107 Å². The number of unbranched alkanes of at least 4 members (excludes halogenated alkanes) is 9. The number of carboxylic acid groups (broad SMARTS) is 3. The van der Waals surface area contributed by atoms with Crippen LogP contribution in [0.1, 0.15) is 106 Å². The number of aromatic carboxylic acids is 3. The van der Waals surface area contributed by atoms with E-state index in [1.165, 1.54) is 57.1 Å². The van der Waals surface area contributed by atoms with Gasteiger partial charge in [-0.2, -0.15) is 0 Å². The molecule has 0 aromatic heterocycles. The molecule has 0 saturated carbocycles. The molecule has 4 N–H and O–H groups in total. The van der Waals surface area contributed by atoms with Crippen LogP contribution >= 0.6 is 0 Å². The smallest absolute Gasteiger partial charge is 1.00 e. The van der Waals surface area contributed by atoms with Gasteiger partial charge in [0.25, 0.3) is 0 Å². The van der Waals surface area contributed by atoms with E-state index >= 15 is 0 Å². The van der Waals surface area contributed by atoms with Crippen molar-refractivity contribution in [3.8, 4) is 0 Å². The van der Waals surface area contributed by atoms with E-state index in [4.69, 9.17) is 5.11 Å². The number of carbonyl (C=O) groups is 3. The molecule has 0 amide bonds. The van der Waals surface area contributed by atoms with Crippen molar-refractivity contribution in [1.82, 2.24) is 0 Å². The minimum atomic E-state index is -1.57. The van der Waals surface area contributed by atoms with E-state index in [0.29, 0.717) is 12.2 Å². The topological polar surface area (TPSA) is 124 Å². The molecule has 31 heavy (non-hydrogen) atoms. The molecule has 0 aliphatic heterocycles. The van der Waals surface area contributed by atoms with Gasteiger partial charge in [-0.05, 0) is 18.6 Å². The summed E-state index contributed by atoms with van der Waals surface area (Å²) in [6.45, 7) is 2.78. The minimum Gasteiger partial charge on any atom is -1.00 e. The molecule has 1 aromatic rings. The van der Waals surface area contributed by atoms with Gasteiger partial charge in [0.2, 0.25) is 0 Å². The van der Waals surface area contributed by atoms with Crippen LogP contribution in [0.25, 0.3) is 0 Å². The van der Waals surface area contributed by atoms with E-state index in [0.717, 1.165) is 19.3 Å². The summed E-state index contributed by atoms with van der Waals surface area (Å²) in [6, 6.07) is 2.35. The van der Waals surface area contributed by atoms with Crippen molar-refractivity contribution in [1.29, 1.82) is 0 Å². The zero-order chi connectivity index (χ0) is 20.9. The fraction of sp³-hybridized carbons (Fsp3) is 0.571. The van der Waals surface area contributed by atoms with Crippen molar-refractivity contribution in [3.63, 3.8) is 0 Å². The van der Waals surface area contributed by atoms with Crippen LogP contribution in [0.2, 0.25) is 0 Å². The molecule has 0 fully saturated rings. The Balaban J connectivity index is -0.000000327. The number of anilines is 1. The Labute approximate surface area is 255 Å². The Morgan fingerprint density at radius 3 is 1.45 bits per heavy atom. The van der Waals surface area contributed by atoms with Crippen LogP contribution in [0.5, 0.6) is 0 Å². The molecule has 1 aromatic carbocycles. The maximum absolute atomic E-state index is 11.3. The van der Waals surface area contributed by atoms with Crippen molar-refractivity contribution in [3.05, 3.63) is 28.8 Å². The van der Waals surface area contributed by atoms with E-state index < -0.39 is 34.6 Å². The average Bonchev–Trinajstić information content (AvgIpc) is 2.65. The molecule has 162 valence electrons. The summed E-state index contributed by atoms with van der Waals surface area (Å²) >= 11 is 0. The Bertz CT molecular complexity index is 665. The van der Waals surface area contributed by atoms with Gasteiger partial charge < -0.3 is 24.9 Å². The summed E-state index contributed by atoms with van der Waals surface area (Å²) < 4.78 is 0. The maximum Gasteiger partial charge on any atom is 1.00 e. The molecule has 0 bridgehead atoms. The van der Waals surface area contributed by atoms with Gasteiger partial charge in [0.05, 0.1) is 16.7 Å². The van der Waals surface area contributed by atoms with Crippen LogP contribution in [-0.2, 0) is 0 Å². The molecule has 0 aliphatic carbocycles.